The third kappa shape index (κ3) is 0.959. The second-order valence-electron chi connectivity index (χ2n) is 3.99. The number of hydrogen-bond acceptors (Lipinski definition) is 3. The van der Waals surface area contributed by atoms with Crippen LogP contribution in [-0.4, -0.2) is 9.97 Å². The van der Waals surface area contributed by atoms with Crippen LogP contribution in [0.2, 0.25) is 0 Å². The van der Waals surface area contributed by atoms with Crippen molar-refractivity contribution in [3.63, 3.8) is 0 Å². The highest BCUT2D eigenvalue weighted by Crippen LogP contribution is 2.35. The second kappa shape index (κ2) is 2.89. The Hall–Kier alpha value is -1.74. The van der Waals surface area contributed by atoms with Crippen molar-refractivity contribution in [2.75, 3.05) is 0 Å². The minimum Gasteiger partial charge on any atom is -0.263 e. The van der Waals surface area contributed by atoms with Gasteiger partial charge in [-0.05, 0) is 23.4 Å². The Labute approximate surface area is 96.3 Å². The molecule has 2 aromatic heterocycles. The van der Waals surface area contributed by atoms with Gasteiger partial charge in [0.15, 0.2) is 0 Å². The molecule has 2 heterocycles. The molecule has 3 aromatic rings. The molecular formula is C13H8N2S. The van der Waals surface area contributed by atoms with E-state index in [1.165, 1.54) is 26.6 Å². The first-order valence-corrected chi connectivity index (χ1v) is 6.11. The molecule has 1 aliphatic rings. The van der Waals surface area contributed by atoms with Crippen molar-refractivity contribution in [2.45, 2.75) is 6.42 Å². The molecule has 0 unspecified atom stereocenters. The largest absolute Gasteiger partial charge is 0.263 e. The summed E-state index contributed by atoms with van der Waals surface area (Å²) in [7, 11) is 0. The number of benzene rings is 1. The number of hydrogen-bond donors (Lipinski definition) is 0. The topological polar surface area (TPSA) is 25.8 Å². The van der Waals surface area contributed by atoms with Gasteiger partial charge in [0.1, 0.15) is 0 Å². The number of allylic oxidation sites excluding steroid dienone is 1. The molecule has 2 nitrogen and oxygen atoms in total. The van der Waals surface area contributed by atoms with E-state index in [0.29, 0.717) is 0 Å². The van der Waals surface area contributed by atoms with Crippen LogP contribution in [-0.2, 0) is 6.42 Å². The SMILES string of the molecule is C1=Cc2cncc3cc4ncsc4c(c23)C1. The van der Waals surface area contributed by atoms with Crippen LogP contribution in [0.15, 0.2) is 30.0 Å². The molecular weight excluding hydrogens is 216 g/mol. The third-order valence-electron chi connectivity index (χ3n) is 3.09. The lowest BCUT2D eigenvalue weighted by atomic mass is 9.95. The minimum absolute atomic E-state index is 1.01. The summed E-state index contributed by atoms with van der Waals surface area (Å²) in [5.74, 6) is 0. The molecule has 1 aromatic carbocycles. The highest BCUT2D eigenvalue weighted by molar-refractivity contribution is 7.17. The van der Waals surface area contributed by atoms with Crippen LogP contribution in [0.1, 0.15) is 11.1 Å². The first kappa shape index (κ1) is 8.42. The summed E-state index contributed by atoms with van der Waals surface area (Å²) in [6.45, 7) is 0. The molecule has 0 bridgehead atoms. The van der Waals surface area contributed by atoms with Gasteiger partial charge < -0.3 is 0 Å². The average Bonchev–Trinajstić information content (AvgIpc) is 2.78. The molecule has 0 N–H and O–H groups in total. The maximum atomic E-state index is 4.40. The van der Waals surface area contributed by atoms with E-state index in [0.717, 1.165) is 11.9 Å². The zero-order chi connectivity index (χ0) is 10.5. The van der Waals surface area contributed by atoms with Crippen molar-refractivity contribution < 1.29 is 0 Å². The summed E-state index contributed by atoms with van der Waals surface area (Å²) >= 11 is 1.73. The van der Waals surface area contributed by atoms with Crippen LogP contribution in [0.4, 0.5) is 0 Å². The van der Waals surface area contributed by atoms with Crippen LogP contribution in [0.5, 0.6) is 0 Å². The van der Waals surface area contributed by atoms with E-state index in [1.54, 1.807) is 11.3 Å². The molecule has 0 saturated carbocycles. The monoisotopic (exact) mass is 224 g/mol. The number of fused-ring (bicyclic) bond motifs is 2. The van der Waals surface area contributed by atoms with Crippen LogP contribution < -0.4 is 0 Å². The molecule has 3 heteroatoms. The van der Waals surface area contributed by atoms with Gasteiger partial charge in [0.25, 0.3) is 0 Å². The molecule has 0 fully saturated rings. The molecule has 0 radical (unpaired) electrons. The van der Waals surface area contributed by atoms with Gasteiger partial charge in [-0.15, -0.1) is 11.3 Å². The first-order valence-electron chi connectivity index (χ1n) is 5.23. The van der Waals surface area contributed by atoms with Gasteiger partial charge in [-0.2, -0.15) is 0 Å². The smallest absolute Gasteiger partial charge is 0.0821 e. The lowest BCUT2D eigenvalue weighted by Gasteiger charge is -2.12. The van der Waals surface area contributed by atoms with Crippen molar-refractivity contribution in [1.82, 2.24) is 9.97 Å². The summed E-state index contributed by atoms with van der Waals surface area (Å²) in [5, 5.41) is 2.56. The van der Waals surface area contributed by atoms with E-state index in [2.05, 4.69) is 28.2 Å². The molecule has 0 amide bonds. The maximum Gasteiger partial charge on any atom is 0.0821 e. The summed E-state index contributed by atoms with van der Waals surface area (Å²) in [4.78, 5) is 8.67. The fourth-order valence-electron chi connectivity index (χ4n) is 2.42. The lowest BCUT2D eigenvalue weighted by molar-refractivity contribution is 1.29. The quantitative estimate of drug-likeness (QED) is 0.584. The molecule has 1 aliphatic carbocycles. The van der Waals surface area contributed by atoms with Gasteiger partial charge in [0.05, 0.1) is 15.7 Å². The van der Waals surface area contributed by atoms with E-state index in [9.17, 15) is 0 Å². The number of thiazole rings is 1. The fourth-order valence-corrected chi connectivity index (χ4v) is 3.25. The van der Waals surface area contributed by atoms with Gasteiger partial charge in [0, 0.05) is 23.3 Å². The van der Waals surface area contributed by atoms with Gasteiger partial charge in [-0.1, -0.05) is 12.2 Å². The predicted molar refractivity (Wildman–Crippen MR) is 67.7 cm³/mol. The van der Waals surface area contributed by atoms with E-state index in [1.807, 2.05) is 17.9 Å². The molecule has 0 aliphatic heterocycles. The van der Waals surface area contributed by atoms with Gasteiger partial charge in [-0.25, -0.2) is 4.98 Å². The van der Waals surface area contributed by atoms with Crippen LogP contribution in [0.3, 0.4) is 0 Å². The van der Waals surface area contributed by atoms with Crippen molar-refractivity contribution in [3.8, 4) is 0 Å². The van der Waals surface area contributed by atoms with E-state index < -0.39 is 0 Å². The standard InChI is InChI=1S/C13H8N2S/c1-2-8-5-14-6-9-4-11-13(16-7-15-11)10(3-1)12(8)9/h1-2,4-7H,3H2. The number of pyridine rings is 1. The molecule has 4 rings (SSSR count). The predicted octanol–water partition coefficient (Wildman–Crippen LogP) is 3.41. The first-order chi connectivity index (χ1) is 7.93. The average molecular weight is 224 g/mol. The summed E-state index contributed by atoms with van der Waals surface area (Å²) < 4.78 is 1.32. The Kier molecular flexibility index (Phi) is 1.52. The third-order valence-corrected chi connectivity index (χ3v) is 3.99. The summed E-state index contributed by atoms with van der Waals surface area (Å²) in [5.41, 5.74) is 5.66. The highest BCUT2D eigenvalue weighted by atomic mass is 32.1. The van der Waals surface area contributed by atoms with Crippen LogP contribution >= 0.6 is 11.3 Å². The van der Waals surface area contributed by atoms with Crippen molar-refractivity contribution in [1.29, 1.82) is 0 Å². The Morgan fingerprint density at radius 3 is 3.25 bits per heavy atom. The van der Waals surface area contributed by atoms with Gasteiger partial charge in [-0.3, -0.25) is 4.98 Å². The van der Waals surface area contributed by atoms with Gasteiger partial charge >= 0.3 is 0 Å². The second-order valence-corrected chi connectivity index (χ2v) is 4.84. The van der Waals surface area contributed by atoms with Crippen molar-refractivity contribution in [2.24, 2.45) is 0 Å². The van der Waals surface area contributed by atoms with Crippen molar-refractivity contribution >= 4 is 38.4 Å². The molecule has 16 heavy (non-hydrogen) atoms. The minimum atomic E-state index is 1.01. The molecule has 0 saturated heterocycles. The lowest BCUT2D eigenvalue weighted by Crippen LogP contribution is -1.94. The molecule has 0 atom stereocenters. The molecule has 76 valence electrons. The van der Waals surface area contributed by atoms with E-state index in [4.69, 9.17) is 0 Å². The number of aromatic nitrogens is 2. The number of rotatable bonds is 0. The summed E-state index contributed by atoms with van der Waals surface area (Å²) in [6.07, 6.45) is 9.24. The van der Waals surface area contributed by atoms with Crippen LogP contribution in [0.25, 0.3) is 27.1 Å². The van der Waals surface area contributed by atoms with Crippen molar-refractivity contribution in [3.05, 3.63) is 41.2 Å². The van der Waals surface area contributed by atoms with E-state index in [-0.39, 0.29) is 0 Å². The maximum absolute atomic E-state index is 4.40. The Morgan fingerprint density at radius 2 is 2.25 bits per heavy atom. The normalized spacial score (nSPS) is 13.8. The number of nitrogens with zero attached hydrogens (tertiary/aromatic N) is 2. The Morgan fingerprint density at radius 1 is 1.25 bits per heavy atom. The Balaban J connectivity index is 2.36. The van der Waals surface area contributed by atoms with Gasteiger partial charge in [0.2, 0.25) is 0 Å². The Bertz CT molecular complexity index is 740. The molecule has 0 spiro atoms. The van der Waals surface area contributed by atoms with Crippen LogP contribution in [0, 0.1) is 0 Å². The highest BCUT2D eigenvalue weighted by Gasteiger charge is 2.13. The zero-order valence-electron chi connectivity index (χ0n) is 8.47. The zero-order valence-corrected chi connectivity index (χ0v) is 9.29. The van der Waals surface area contributed by atoms with E-state index >= 15 is 0 Å². The fraction of sp³-hybridized carbons (Fsp3) is 0.0769. The summed E-state index contributed by atoms with van der Waals surface area (Å²) in [6, 6.07) is 2.14.